The second-order valence-electron chi connectivity index (χ2n) is 7.26. The molecule has 0 fully saturated rings. The number of ketones is 2. The van der Waals surface area contributed by atoms with Crippen molar-refractivity contribution in [2.75, 3.05) is 0 Å². The summed E-state index contributed by atoms with van der Waals surface area (Å²) in [5.74, 6) is 0.438. The van der Waals surface area contributed by atoms with Gasteiger partial charge in [-0.15, -0.1) is 0 Å². The van der Waals surface area contributed by atoms with Crippen LogP contribution in [0.2, 0.25) is 8.94 Å². The van der Waals surface area contributed by atoms with E-state index in [0.717, 1.165) is 33.4 Å². The third-order valence-electron chi connectivity index (χ3n) is 5.09. The van der Waals surface area contributed by atoms with E-state index < -0.39 is 34.1 Å². The molecule has 0 bridgehead atoms. The van der Waals surface area contributed by atoms with Crippen LogP contribution >= 0.6 is 0 Å². The number of hydrogen-bond donors (Lipinski definition) is 0. The molecule has 4 aromatic carbocycles. The minimum absolute atomic E-state index is 0.219. The van der Waals surface area contributed by atoms with Gasteiger partial charge >= 0.3 is 207 Å². The Morgan fingerprint density at radius 3 is 1.09 bits per heavy atom. The molecule has 0 aliphatic rings. The van der Waals surface area contributed by atoms with Crippen molar-refractivity contribution in [2.45, 2.75) is 8.94 Å². The summed E-state index contributed by atoms with van der Waals surface area (Å²) >= 11 is -0.787. The van der Waals surface area contributed by atoms with Crippen LogP contribution in [0, 0.1) is 0 Å². The van der Waals surface area contributed by atoms with Crippen LogP contribution in [0.3, 0.4) is 0 Å². The van der Waals surface area contributed by atoms with Gasteiger partial charge in [-0.2, -0.15) is 0 Å². The summed E-state index contributed by atoms with van der Waals surface area (Å²) in [7, 11) is 0. The number of Topliss-reactive ketones (excluding diaryl/α,β-unsaturated/α-hetero) is 2. The molecule has 0 N–H and O–H groups in total. The van der Waals surface area contributed by atoms with E-state index in [2.05, 4.69) is 24.3 Å². The van der Waals surface area contributed by atoms with Gasteiger partial charge in [-0.3, -0.25) is 0 Å². The summed E-state index contributed by atoms with van der Waals surface area (Å²) in [5.41, 5.74) is 6.12. The Balaban J connectivity index is 1.24. The first-order valence-electron chi connectivity index (χ1n) is 10.3. The van der Waals surface area contributed by atoms with Crippen molar-refractivity contribution in [3.63, 3.8) is 0 Å². The van der Waals surface area contributed by atoms with Crippen molar-refractivity contribution in [2.24, 2.45) is 0 Å². The van der Waals surface area contributed by atoms with Crippen LogP contribution in [0.5, 0.6) is 0 Å². The van der Waals surface area contributed by atoms with E-state index in [1.54, 1.807) is 0 Å². The van der Waals surface area contributed by atoms with Crippen LogP contribution in [-0.4, -0.2) is 45.7 Å². The van der Waals surface area contributed by atoms with Crippen molar-refractivity contribution < 1.29 is 9.59 Å². The molecular weight excluding hydrogens is 624 g/mol. The fourth-order valence-corrected chi connectivity index (χ4v) is 12.6. The molecule has 4 aromatic rings. The summed E-state index contributed by atoms with van der Waals surface area (Å²) in [4.78, 5) is 25.1. The molecule has 0 aliphatic heterocycles. The number of rotatable bonds is 9. The minimum atomic E-state index is -0.393. The van der Waals surface area contributed by atoms with Gasteiger partial charge in [0, 0.05) is 0 Å². The van der Waals surface area contributed by atoms with E-state index in [4.69, 9.17) is 0 Å². The van der Waals surface area contributed by atoms with Crippen LogP contribution in [0.15, 0.2) is 109 Å². The molecule has 32 heavy (non-hydrogen) atoms. The fraction of sp³-hybridized carbons (Fsp3) is 0.0714. The van der Waals surface area contributed by atoms with Gasteiger partial charge in [0.15, 0.2) is 0 Å². The van der Waals surface area contributed by atoms with E-state index in [0.29, 0.717) is 8.94 Å². The average Bonchev–Trinajstić information content (AvgIpc) is 2.87. The van der Waals surface area contributed by atoms with E-state index >= 15 is 0 Å². The first kappa shape index (κ1) is 23.0. The van der Waals surface area contributed by atoms with Gasteiger partial charge in [-0.05, 0) is 0 Å². The molecule has 0 heterocycles. The summed E-state index contributed by atoms with van der Waals surface area (Å²) < 4.78 is 1.30. The molecule has 0 aliphatic carbocycles. The van der Waals surface area contributed by atoms with Gasteiger partial charge in [0.2, 0.25) is 0 Å². The predicted octanol–water partition coefficient (Wildman–Crippen LogP) is 6.25. The molecular formula is C28H22O2Te2. The first-order valence-corrected chi connectivity index (χ1v) is 21.0. The van der Waals surface area contributed by atoms with Crippen LogP contribution in [0.25, 0.3) is 22.3 Å². The van der Waals surface area contributed by atoms with Gasteiger partial charge in [-0.1, -0.05) is 0 Å². The zero-order valence-corrected chi connectivity index (χ0v) is 22.1. The number of carbonyl (C=O) groups is 2. The third-order valence-corrected chi connectivity index (χ3v) is 15.4. The second kappa shape index (κ2) is 11.6. The maximum absolute atomic E-state index is 12.5. The van der Waals surface area contributed by atoms with Crippen LogP contribution < -0.4 is 0 Å². The van der Waals surface area contributed by atoms with Crippen LogP contribution in [-0.2, 0) is 0 Å². The second-order valence-corrected chi connectivity index (χ2v) is 19.3. The number of benzene rings is 4. The topological polar surface area (TPSA) is 34.1 Å². The molecule has 0 saturated heterocycles. The Kier molecular flexibility index (Phi) is 8.33. The number of hydrogen-bond acceptors (Lipinski definition) is 2. The SMILES string of the molecule is O=C(C[Te][Te]CC(=O)c1ccc(-c2ccccc2)cc1)c1ccc(-c2ccccc2)cc1. The standard InChI is InChI=1S/C28H22O2Te2/c29-27(25-15-11-23(12-16-25)21-7-3-1-4-8-21)19-31-32-20-28(30)26-17-13-24(14-18-26)22-9-5-2-6-10-22/h1-18H,19-20H2. The Morgan fingerprint density at radius 2 is 0.750 bits per heavy atom. The summed E-state index contributed by atoms with van der Waals surface area (Å²) in [6.07, 6.45) is 0. The predicted molar refractivity (Wildman–Crippen MR) is 134 cm³/mol. The molecule has 0 spiro atoms. The molecule has 4 rings (SSSR count). The zero-order chi connectivity index (χ0) is 22.2. The van der Waals surface area contributed by atoms with Gasteiger partial charge in [-0.25, -0.2) is 0 Å². The Labute approximate surface area is 205 Å². The molecule has 158 valence electrons. The van der Waals surface area contributed by atoms with Crippen LogP contribution in [0.1, 0.15) is 20.7 Å². The summed E-state index contributed by atoms with van der Waals surface area (Å²) in [6.45, 7) is 0. The van der Waals surface area contributed by atoms with E-state index in [9.17, 15) is 9.59 Å². The van der Waals surface area contributed by atoms with Crippen molar-refractivity contribution in [1.82, 2.24) is 0 Å². The first-order chi connectivity index (χ1) is 15.7. The Morgan fingerprint density at radius 1 is 0.438 bits per heavy atom. The molecule has 0 aromatic heterocycles. The van der Waals surface area contributed by atoms with Gasteiger partial charge in [0.25, 0.3) is 0 Å². The monoisotopic (exact) mass is 650 g/mol. The van der Waals surface area contributed by atoms with Crippen molar-refractivity contribution in [3.8, 4) is 22.3 Å². The molecule has 0 amide bonds. The summed E-state index contributed by atoms with van der Waals surface area (Å²) in [5, 5.41) is 0. The Hall–Kier alpha value is -2.20. The summed E-state index contributed by atoms with van der Waals surface area (Å²) in [6, 6.07) is 36.1. The van der Waals surface area contributed by atoms with E-state index in [1.165, 1.54) is 0 Å². The Bertz CT molecular complexity index is 1070. The fourth-order valence-electron chi connectivity index (χ4n) is 3.32. The van der Waals surface area contributed by atoms with Crippen molar-refractivity contribution >= 4 is 45.7 Å². The van der Waals surface area contributed by atoms with Gasteiger partial charge < -0.3 is 0 Å². The molecule has 4 heteroatoms. The molecule has 0 atom stereocenters. The van der Waals surface area contributed by atoms with Crippen LogP contribution in [0.4, 0.5) is 0 Å². The average molecular weight is 646 g/mol. The maximum atomic E-state index is 12.5. The number of carbonyl (C=O) groups excluding carboxylic acids is 2. The van der Waals surface area contributed by atoms with Crippen molar-refractivity contribution in [3.05, 3.63) is 120 Å². The third kappa shape index (κ3) is 6.19. The van der Waals surface area contributed by atoms with Gasteiger partial charge in [0.1, 0.15) is 0 Å². The quantitative estimate of drug-likeness (QED) is 0.123. The van der Waals surface area contributed by atoms with Crippen molar-refractivity contribution in [1.29, 1.82) is 0 Å². The molecule has 0 saturated carbocycles. The molecule has 2 nitrogen and oxygen atoms in total. The van der Waals surface area contributed by atoms with E-state index in [-0.39, 0.29) is 11.6 Å². The molecule has 0 unspecified atom stereocenters. The normalized spacial score (nSPS) is 10.6. The van der Waals surface area contributed by atoms with E-state index in [1.807, 2.05) is 84.9 Å². The molecule has 0 radical (unpaired) electrons. The van der Waals surface area contributed by atoms with Gasteiger partial charge in [0.05, 0.1) is 0 Å². The zero-order valence-electron chi connectivity index (χ0n) is 17.4.